The number of rotatable bonds is 5. The molecule has 0 spiro atoms. The third-order valence-electron chi connectivity index (χ3n) is 3.21. The largest absolute Gasteiger partial charge is 0.396 e. The molecule has 0 amide bonds. The van der Waals surface area contributed by atoms with E-state index in [9.17, 15) is 0 Å². The van der Waals surface area contributed by atoms with Gasteiger partial charge in [-0.2, -0.15) is 0 Å². The summed E-state index contributed by atoms with van der Waals surface area (Å²) in [4.78, 5) is 9.40. The lowest BCUT2D eigenvalue weighted by Crippen LogP contribution is -1.95. The Labute approximate surface area is 141 Å². The number of aliphatic hydroxyl groups excluding tert-OH is 1. The summed E-state index contributed by atoms with van der Waals surface area (Å²) in [6, 6.07) is 16.0. The molecule has 112 valence electrons. The lowest BCUT2D eigenvalue weighted by molar-refractivity contribution is 0.296. The fraction of sp³-hybridized carbons (Fsp3) is 0.176. The summed E-state index contributed by atoms with van der Waals surface area (Å²) in [5, 5.41) is 11.0. The van der Waals surface area contributed by atoms with Crippen LogP contribution in [-0.2, 0) is 0 Å². The number of aromatic nitrogens is 2. The van der Waals surface area contributed by atoms with Crippen molar-refractivity contribution in [1.29, 1.82) is 0 Å². The van der Waals surface area contributed by atoms with Crippen LogP contribution in [0.5, 0.6) is 0 Å². The topological polar surface area (TPSA) is 46.0 Å². The molecule has 3 nitrogen and oxygen atoms in total. The second-order valence-electron chi connectivity index (χ2n) is 4.80. The highest BCUT2D eigenvalue weighted by Crippen LogP contribution is 2.29. The van der Waals surface area contributed by atoms with Crippen LogP contribution in [0.15, 0.2) is 58.0 Å². The van der Waals surface area contributed by atoms with E-state index < -0.39 is 0 Å². The Morgan fingerprint density at radius 1 is 1.00 bits per heavy atom. The average molecular weight is 375 g/mol. The first-order chi connectivity index (χ1) is 10.8. The van der Waals surface area contributed by atoms with Crippen LogP contribution >= 0.6 is 27.7 Å². The SMILES string of the molecule is OCCCSc1nc(-c2ccc(Br)cc2)nc2ccccc12. The molecule has 0 aliphatic rings. The predicted octanol–water partition coefficient (Wildman–Crippen LogP) is 4.53. The first-order valence-corrected chi connectivity index (χ1v) is 8.82. The summed E-state index contributed by atoms with van der Waals surface area (Å²) in [5.41, 5.74) is 1.94. The maximum atomic E-state index is 8.97. The Hall–Kier alpha value is -1.43. The van der Waals surface area contributed by atoms with E-state index in [1.54, 1.807) is 11.8 Å². The average Bonchev–Trinajstić information content (AvgIpc) is 2.55. The molecule has 1 N–H and O–H groups in total. The molecule has 0 saturated heterocycles. The van der Waals surface area contributed by atoms with Gasteiger partial charge in [-0.15, -0.1) is 11.8 Å². The third kappa shape index (κ3) is 3.48. The van der Waals surface area contributed by atoms with E-state index in [4.69, 9.17) is 10.1 Å². The van der Waals surface area contributed by atoms with Crippen LogP contribution in [0.2, 0.25) is 0 Å². The predicted molar refractivity (Wildman–Crippen MR) is 95.1 cm³/mol. The van der Waals surface area contributed by atoms with Crippen molar-refractivity contribution in [3.05, 3.63) is 53.0 Å². The molecule has 0 unspecified atom stereocenters. The molecule has 5 heteroatoms. The van der Waals surface area contributed by atoms with Gasteiger partial charge >= 0.3 is 0 Å². The second-order valence-corrected chi connectivity index (χ2v) is 6.80. The summed E-state index contributed by atoms with van der Waals surface area (Å²) in [5.74, 6) is 1.58. The van der Waals surface area contributed by atoms with Gasteiger partial charge in [-0.1, -0.05) is 46.3 Å². The molecular formula is C17H15BrN2OS. The molecule has 0 aliphatic heterocycles. The number of aliphatic hydroxyl groups is 1. The zero-order chi connectivity index (χ0) is 15.4. The van der Waals surface area contributed by atoms with Crippen molar-refractivity contribution in [2.45, 2.75) is 11.4 Å². The Balaban J connectivity index is 2.05. The molecule has 2 aromatic carbocycles. The number of para-hydroxylation sites is 1. The van der Waals surface area contributed by atoms with E-state index in [1.165, 1.54) is 0 Å². The summed E-state index contributed by atoms with van der Waals surface area (Å²) < 4.78 is 1.04. The normalized spacial score (nSPS) is 11.0. The minimum Gasteiger partial charge on any atom is -0.396 e. The number of hydrogen-bond donors (Lipinski definition) is 1. The lowest BCUT2D eigenvalue weighted by Gasteiger charge is -2.08. The second kappa shape index (κ2) is 7.22. The molecule has 0 bridgehead atoms. The first-order valence-electron chi connectivity index (χ1n) is 7.04. The van der Waals surface area contributed by atoms with Crippen LogP contribution < -0.4 is 0 Å². The van der Waals surface area contributed by atoms with E-state index in [-0.39, 0.29) is 6.61 Å². The fourth-order valence-corrected chi connectivity index (χ4v) is 3.33. The maximum absolute atomic E-state index is 8.97. The maximum Gasteiger partial charge on any atom is 0.161 e. The molecule has 0 atom stereocenters. The molecule has 0 aliphatic carbocycles. The number of hydrogen-bond acceptors (Lipinski definition) is 4. The van der Waals surface area contributed by atoms with Gasteiger partial charge in [0.2, 0.25) is 0 Å². The molecule has 0 saturated carbocycles. The van der Waals surface area contributed by atoms with Crippen molar-refractivity contribution in [3.8, 4) is 11.4 Å². The van der Waals surface area contributed by atoms with Gasteiger partial charge < -0.3 is 5.11 Å². The molecule has 0 radical (unpaired) electrons. The minimum atomic E-state index is 0.204. The Morgan fingerprint density at radius 2 is 1.77 bits per heavy atom. The monoisotopic (exact) mass is 374 g/mol. The zero-order valence-corrected chi connectivity index (χ0v) is 14.3. The minimum absolute atomic E-state index is 0.204. The van der Waals surface area contributed by atoms with E-state index in [1.807, 2.05) is 48.5 Å². The molecular weight excluding hydrogens is 360 g/mol. The number of benzene rings is 2. The molecule has 22 heavy (non-hydrogen) atoms. The highest BCUT2D eigenvalue weighted by atomic mass is 79.9. The van der Waals surface area contributed by atoms with Crippen LogP contribution in [0.3, 0.4) is 0 Å². The van der Waals surface area contributed by atoms with Crippen molar-refractivity contribution in [1.82, 2.24) is 9.97 Å². The van der Waals surface area contributed by atoms with Gasteiger partial charge in [-0.25, -0.2) is 9.97 Å². The standard InChI is InChI=1S/C17H15BrN2OS/c18-13-8-6-12(7-9-13)16-19-15-5-2-1-4-14(15)17(20-16)22-11-3-10-21/h1-2,4-9,21H,3,10-11H2. The third-order valence-corrected chi connectivity index (χ3v) is 4.82. The van der Waals surface area contributed by atoms with Gasteiger partial charge in [0.05, 0.1) is 5.52 Å². The van der Waals surface area contributed by atoms with E-state index >= 15 is 0 Å². The Bertz CT molecular complexity index is 777. The van der Waals surface area contributed by atoms with Crippen LogP contribution in [0.4, 0.5) is 0 Å². The van der Waals surface area contributed by atoms with Crippen LogP contribution in [0.25, 0.3) is 22.3 Å². The van der Waals surface area contributed by atoms with Gasteiger partial charge in [0, 0.05) is 27.8 Å². The molecule has 3 aromatic rings. The number of fused-ring (bicyclic) bond motifs is 1. The summed E-state index contributed by atoms with van der Waals surface area (Å²) in [7, 11) is 0. The van der Waals surface area contributed by atoms with Crippen molar-refractivity contribution >= 4 is 38.6 Å². The number of nitrogens with zero attached hydrogens (tertiary/aromatic N) is 2. The van der Waals surface area contributed by atoms with Gasteiger partial charge in [-0.05, 0) is 24.6 Å². The van der Waals surface area contributed by atoms with Crippen molar-refractivity contribution in [3.63, 3.8) is 0 Å². The fourth-order valence-electron chi connectivity index (χ4n) is 2.12. The summed E-state index contributed by atoms with van der Waals surface area (Å²) in [6.45, 7) is 0.204. The quantitative estimate of drug-likeness (QED) is 0.404. The highest BCUT2D eigenvalue weighted by Gasteiger charge is 2.09. The zero-order valence-electron chi connectivity index (χ0n) is 11.9. The molecule has 0 fully saturated rings. The molecule has 3 rings (SSSR count). The van der Waals surface area contributed by atoms with Crippen LogP contribution in [0.1, 0.15) is 6.42 Å². The Morgan fingerprint density at radius 3 is 2.55 bits per heavy atom. The van der Waals surface area contributed by atoms with Crippen molar-refractivity contribution in [2.24, 2.45) is 0 Å². The summed E-state index contributed by atoms with van der Waals surface area (Å²) >= 11 is 5.11. The van der Waals surface area contributed by atoms with Gasteiger partial charge in [-0.3, -0.25) is 0 Å². The molecule has 1 heterocycles. The number of halogens is 1. The Kier molecular flexibility index (Phi) is 5.08. The van der Waals surface area contributed by atoms with Crippen molar-refractivity contribution < 1.29 is 5.11 Å². The van der Waals surface area contributed by atoms with Crippen LogP contribution in [0, 0.1) is 0 Å². The number of thioether (sulfide) groups is 1. The highest BCUT2D eigenvalue weighted by molar-refractivity contribution is 9.10. The van der Waals surface area contributed by atoms with Crippen LogP contribution in [-0.4, -0.2) is 27.4 Å². The van der Waals surface area contributed by atoms with E-state index in [0.717, 1.165) is 44.0 Å². The van der Waals surface area contributed by atoms with E-state index in [0.29, 0.717) is 0 Å². The van der Waals surface area contributed by atoms with Gasteiger partial charge in [0.15, 0.2) is 5.82 Å². The summed E-state index contributed by atoms with van der Waals surface area (Å²) in [6.07, 6.45) is 0.761. The first kappa shape index (κ1) is 15.5. The smallest absolute Gasteiger partial charge is 0.161 e. The van der Waals surface area contributed by atoms with Gasteiger partial charge in [0.25, 0.3) is 0 Å². The van der Waals surface area contributed by atoms with E-state index in [2.05, 4.69) is 20.9 Å². The lowest BCUT2D eigenvalue weighted by atomic mass is 10.2. The van der Waals surface area contributed by atoms with Gasteiger partial charge in [0.1, 0.15) is 5.03 Å². The molecule has 1 aromatic heterocycles. The van der Waals surface area contributed by atoms with Crippen molar-refractivity contribution in [2.75, 3.05) is 12.4 Å².